The van der Waals surface area contributed by atoms with E-state index in [9.17, 15) is 4.79 Å². The van der Waals surface area contributed by atoms with Gasteiger partial charge in [0.05, 0.1) is 0 Å². The Balaban J connectivity index is 2.36. The Morgan fingerprint density at radius 1 is 0.900 bits per heavy atom. The van der Waals surface area contributed by atoms with Crippen LogP contribution in [-0.2, 0) is 0 Å². The minimum absolute atomic E-state index is 0.0506. The number of amides is 1. The van der Waals surface area contributed by atoms with E-state index in [0.717, 1.165) is 22.4 Å². The zero-order valence-corrected chi connectivity index (χ0v) is 12.4. The molecule has 0 aliphatic heterocycles. The number of hydrogen-bond acceptors (Lipinski definition) is 2. The van der Waals surface area contributed by atoms with Crippen molar-refractivity contribution >= 4 is 17.3 Å². The van der Waals surface area contributed by atoms with Crippen LogP contribution in [0.2, 0.25) is 0 Å². The van der Waals surface area contributed by atoms with Crippen molar-refractivity contribution in [1.82, 2.24) is 0 Å². The minimum Gasteiger partial charge on any atom is -0.399 e. The van der Waals surface area contributed by atoms with E-state index in [4.69, 9.17) is 5.73 Å². The molecule has 2 aromatic rings. The van der Waals surface area contributed by atoms with Crippen LogP contribution in [0.3, 0.4) is 0 Å². The second kappa shape index (κ2) is 5.37. The maximum atomic E-state index is 12.5. The minimum atomic E-state index is -0.0506. The molecule has 0 saturated carbocycles. The molecule has 1 amide bonds. The lowest BCUT2D eigenvalue weighted by Crippen LogP contribution is -2.26. The Labute approximate surface area is 120 Å². The van der Waals surface area contributed by atoms with E-state index >= 15 is 0 Å². The van der Waals surface area contributed by atoms with E-state index < -0.39 is 0 Å². The molecule has 104 valence electrons. The van der Waals surface area contributed by atoms with Gasteiger partial charge in [0.1, 0.15) is 0 Å². The maximum absolute atomic E-state index is 12.5. The molecule has 0 spiro atoms. The monoisotopic (exact) mass is 268 g/mol. The number of aryl methyl sites for hydroxylation is 3. The second-order valence-corrected chi connectivity index (χ2v) is 5.34. The van der Waals surface area contributed by atoms with Gasteiger partial charge in [-0.25, -0.2) is 0 Å². The fourth-order valence-corrected chi connectivity index (χ4v) is 2.39. The molecular weight excluding hydrogens is 248 g/mol. The van der Waals surface area contributed by atoms with Crippen molar-refractivity contribution in [2.75, 3.05) is 17.7 Å². The summed E-state index contributed by atoms with van der Waals surface area (Å²) < 4.78 is 0. The standard InChI is InChI=1S/C17H20N2O/c1-11-5-12(2)9-16(8-11)19(4)17(20)14-6-13(3)7-15(18)10-14/h5-10H,18H2,1-4H3. The van der Waals surface area contributed by atoms with E-state index in [-0.39, 0.29) is 5.91 Å². The molecular formula is C17H20N2O. The van der Waals surface area contributed by atoms with Crippen molar-refractivity contribution in [2.24, 2.45) is 0 Å². The van der Waals surface area contributed by atoms with Gasteiger partial charge in [-0.1, -0.05) is 6.07 Å². The molecule has 0 unspecified atom stereocenters. The van der Waals surface area contributed by atoms with Crippen molar-refractivity contribution in [2.45, 2.75) is 20.8 Å². The fraction of sp³-hybridized carbons (Fsp3) is 0.235. The molecule has 3 heteroatoms. The highest BCUT2D eigenvalue weighted by Crippen LogP contribution is 2.21. The van der Waals surface area contributed by atoms with Crippen LogP contribution in [-0.4, -0.2) is 13.0 Å². The van der Waals surface area contributed by atoms with Crippen LogP contribution in [0.5, 0.6) is 0 Å². The van der Waals surface area contributed by atoms with Gasteiger partial charge in [0, 0.05) is 24.0 Å². The fourth-order valence-electron chi connectivity index (χ4n) is 2.39. The Kier molecular flexibility index (Phi) is 3.79. The Morgan fingerprint density at radius 3 is 2.00 bits per heavy atom. The SMILES string of the molecule is Cc1cc(N)cc(C(=O)N(C)c2cc(C)cc(C)c2)c1. The number of carbonyl (C=O) groups is 1. The summed E-state index contributed by atoms with van der Waals surface area (Å²) in [5.74, 6) is -0.0506. The normalized spacial score (nSPS) is 10.4. The van der Waals surface area contributed by atoms with Gasteiger partial charge in [-0.2, -0.15) is 0 Å². The molecule has 2 rings (SSSR count). The highest BCUT2D eigenvalue weighted by molar-refractivity contribution is 6.06. The number of carbonyl (C=O) groups excluding carboxylic acids is 1. The third-order valence-electron chi connectivity index (χ3n) is 3.25. The van der Waals surface area contributed by atoms with E-state index in [0.29, 0.717) is 11.3 Å². The zero-order valence-electron chi connectivity index (χ0n) is 12.4. The Morgan fingerprint density at radius 2 is 1.45 bits per heavy atom. The largest absolute Gasteiger partial charge is 0.399 e. The first-order chi connectivity index (χ1) is 9.36. The van der Waals surface area contributed by atoms with E-state index in [1.807, 2.05) is 45.0 Å². The number of benzene rings is 2. The van der Waals surface area contributed by atoms with Crippen LogP contribution >= 0.6 is 0 Å². The number of anilines is 2. The zero-order chi connectivity index (χ0) is 14.9. The number of nitrogen functional groups attached to an aromatic ring is 1. The van der Waals surface area contributed by atoms with Gasteiger partial charge in [0.25, 0.3) is 5.91 Å². The van der Waals surface area contributed by atoms with Crippen LogP contribution in [0.15, 0.2) is 36.4 Å². The first-order valence-corrected chi connectivity index (χ1v) is 6.60. The number of hydrogen-bond donors (Lipinski definition) is 1. The van der Waals surface area contributed by atoms with E-state index in [1.54, 1.807) is 18.0 Å². The molecule has 0 aromatic heterocycles. The van der Waals surface area contributed by atoms with E-state index in [2.05, 4.69) is 6.07 Å². The van der Waals surface area contributed by atoms with Crippen LogP contribution in [0.4, 0.5) is 11.4 Å². The maximum Gasteiger partial charge on any atom is 0.258 e. The second-order valence-electron chi connectivity index (χ2n) is 5.34. The number of rotatable bonds is 2. The summed E-state index contributed by atoms with van der Waals surface area (Å²) in [6.07, 6.45) is 0. The molecule has 0 bridgehead atoms. The molecule has 0 atom stereocenters. The van der Waals surface area contributed by atoms with Crippen LogP contribution in [0, 0.1) is 20.8 Å². The molecule has 0 aliphatic carbocycles. The molecule has 2 aromatic carbocycles. The molecule has 0 heterocycles. The average molecular weight is 268 g/mol. The molecule has 0 radical (unpaired) electrons. The van der Waals surface area contributed by atoms with Gasteiger partial charge >= 0.3 is 0 Å². The Hall–Kier alpha value is -2.29. The Bertz CT molecular complexity index is 622. The van der Waals surface area contributed by atoms with Crippen molar-refractivity contribution in [1.29, 1.82) is 0 Å². The summed E-state index contributed by atoms with van der Waals surface area (Å²) in [5, 5.41) is 0. The number of nitrogens with zero attached hydrogens (tertiary/aromatic N) is 1. The van der Waals surface area contributed by atoms with Gasteiger partial charge in [0.2, 0.25) is 0 Å². The topological polar surface area (TPSA) is 46.3 Å². The molecule has 0 fully saturated rings. The summed E-state index contributed by atoms with van der Waals surface area (Å²) in [6, 6.07) is 11.5. The van der Waals surface area contributed by atoms with Crippen LogP contribution in [0.25, 0.3) is 0 Å². The summed E-state index contributed by atoms with van der Waals surface area (Å²) in [5.41, 5.74) is 11.2. The van der Waals surface area contributed by atoms with Crippen molar-refractivity contribution in [3.63, 3.8) is 0 Å². The quantitative estimate of drug-likeness (QED) is 0.848. The van der Waals surface area contributed by atoms with Gasteiger partial charge in [-0.15, -0.1) is 0 Å². The highest BCUT2D eigenvalue weighted by atomic mass is 16.2. The summed E-state index contributed by atoms with van der Waals surface area (Å²) in [6.45, 7) is 5.99. The summed E-state index contributed by atoms with van der Waals surface area (Å²) in [4.78, 5) is 14.2. The molecule has 20 heavy (non-hydrogen) atoms. The molecule has 0 saturated heterocycles. The van der Waals surface area contributed by atoms with Crippen molar-refractivity contribution in [3.05, 3.63) is 58.7 Å². The smallest absolute Gasteiger partial charge is 0.258 e. The molecule has 0 aliphatic rings. The van der Waals surface area contributed by atoms with Crippen molar-refractivity contribution in [3.8, 4) is 0 Å². The predicted octanol–water partition coefficient (Wildman–Crippen LogP) is 3.47. The summed E-state index contributed by atoms with van der Waals surface area (Å²) >= 11 is 0. The molecule has 2 N–H and O–H groups in total. The van der Waals surface area contributed by atoms with Crippen LogP contribution in [0.1, 0.15) is 27.0 Å². The van der Waals surface area contributed by atoms with E-state index in [1.165, 1.54) is 0 Å². The van der Waals surface area contributed by atoms with Gasteiger partial charge < -0.3 is 10.6 Å². The third-order valence-corrected chi connectivity index (χ3v) is 3.25. The number of nitrogens with two attached hydrogens (primary N) is 1. The average Bonchev–Trinajstić information content (AvgIpc) is 2.34. The first kappa shape index (κ1) is 14.1. The van der Waals surface area contributed by atoms with Gasteiger partial charge in [-0.3, -0.25) is 4.79 Å². The highest BCUT2D eigenvalue weighted by Gasteiger charge is 2.14. The summed E-state index contributed by atoms with van der Waals surface area (Å²) in [7, 11) is 1.79. The van der Waals surface area contributed by atoms with Crippen molar-refractivity contribution < 1.29 is 4.79 Å². The lowest BCUT2D eigenvalue weighted by atomic mass is 10.1. The first-order valence-electron chi connectivity index (χ1n) is 6.60. The molecule has 3 nitrogen and oxygen atoms in total. The van der Waals surface area contributed by atoms with Crippen LogP contribution < -0.4 is 10.6 Å². The predicted molar refractivity (Wildman–Crippen MR) is 84.2 cm³/mol. The van der Waals surface area contributed by atoms with Gasteiger partial charge in [0.15, 0.2) is 0 Å². The lowest BCUT2D eigenvalue weighted by Gasteiger charge is -2.19. The third kappa shape index (κ3) is 2.99. The lowest BCUT2D eigenvalue weighted by molar-refractivity contribution is 0.0993. The van der Waals surface area contributed by atoms with Gasteiger partial charge in [-0.05, 0) is 67.8 Å².